The second kappa shape index (κ2) is 13.1. The molecule has 5 heterocycles. The van der Waals surface area contributed by atoms with Gasteiger partial charge in [0.25, 0.3) is 5.91 Å². The molecule has 0 atom stereocenters. The Balaban J connectivity index is 1.15. The first-order chi connectivity index (χ1) is 23.6. The van der Waals surface area contributed by atoms with Gasteiger partial charge in [-0.2, -0.15) is 13.2 Å². The van der Waals surface area contributed by atoms with Crippen LogP contribution in [0.15, 0.2) is 42.9 Å². The highest BCUT2D eigenvalue weighted by Gasteiger charge is 2.47. The fourth-order valence-electron chi connectivity index (χ4n) is 7.63. The molecule has 1 amide bonds. The number of halogens is 3. The molecule has 3 fully saturated rings. The Morgan fingerprint density at radius 1 is 0.980 bits per heavy atom. The molecule has 1 saturated carbocycles. The number of amides is 1. The number of hydrogen-bond donors (Lipinski definition) is 2. The predicted octanol–water partition coefficient (Wildman–Crippen LogP) is 5.05. The number of alkyl halides is 3. The molecule has 2 aromatic heterocycles. The third-order valence-electron chi connectivity index (χ3n) is 10.3. The molecule has 2 saturated heterocycles. The van der Waals surface area contributed by atoms with Crippen LogP contribution in [0.3, 0.4) is 0 Å². The number of piperidine rings is 1. The van der Waals surface area contributed by atoms with Gasteiger partial charge in [-0.15, -0.1) is 0 Å². The molecule has 0 bridgehead atoms. The van der Waals surface area contributed by atoms with Crippen molar-refractivity contribution in [1.82, 2.24) is 25.3 Å². The van der Waals surface area contributed by atoms with Crippen molar-refractivity contribution in [2.75, 3.05) is 42.6 Å². The predicted molar refractivity (Wildman–Crippen MR) is 171 cm³/mol. The van der Waals surface area contributed by atoms with Crippen LogP contribution in [0.1, 0.15) is 79.4 Å². The van der Waals surface area contributed by atoms with Gasteiger partial charge in [0.1, 0.15) is 17.4 Å². The van der Waals surface area contributed by atoms with E-state index in [0.29, 0.717) is 62.8 Å². The summed E-state index contributed by atoms with van der Waals surface area (Å²) in [6, 6.07) is 7.41. The van der Waals surface area contributed by atoms with E-state index in [0.717, 1.165) is 44.1 Å². The number of carboxylic acids is 1. The summed E-state index contributed by atoms with van der Waals surface area (Å²) >= 11 is 0. The van der Waals surface area contributed by atoms with Crippen LogP contribution >= 0.6 is 0 Å². The van der Waals surface area contributed by atoms with Crippen molar-refractivity contribution in [3.8, 4) is 5.75 Å². The van der Waals surface area contributed by atoms with Crippen molar-refractivity contribution in [3.63, 3.8) is 0 Å². The summed E-state index contributed by atoms with van der Waals surface area (Å²) in [4.78, 5) is 46.1. The minimum absolute atomic E-state index is 0.0219. The molecule has 4 aliphatic rings. The number of carboxylic acid groups (broad SMARTS) is 1. The van der Waals surface area contributed by atoms with Gasteiger partial charge in [-0.1, -0.05) is 19.3 Å². The van der Waals surface area contributed by atoms with Crippen LogP contribution in [0.2, 0.25) is 0 Å². The minimum atomic E-state index is -4.99. The number of benzene rings is 1. The van der Waals surface area contributed by atoms with Gasteiger partial charge in [0.2, 0.25) is 11.9 Å². The Morgan fingerprint density at radius 2 is 1.69 bits per heavy atom. The molecule has 15 heteroatoms. The topological polar surface area (TPSA) is 143 Å². The molecule has 0 unspecified atom stereocenters. The van der Waals surface area contributed by atoms with Gasteiger partial charge in [0, 0.05) is 75.4 Å². The van der Waals surface area contributed by atoms with E-state index in [1.54, 1.807) is 23.4 Å². The molecule has 49 heavy (non-hydrogen) atoms. The molecular weight excluding hydrogens is 643 g/mol. The van der Waals surface area contributed by atoms with Crippen molar-refractivity contribution >= 4 is 29.5 Å². The summed E-state index contributed by atoms with van der Waals surface area (Å²) in [7, 11) is 0. The Hall–Kier alpha value is -4.53. The molecule has 3 aliphatic heterocycles. The number of aliphatic carboxylic acids is 1. The van der Waals surface area contributed by atoms with E-state index < -0.39 is 40.3 Å². The fraction of sp³-hybridized carbons (Fsp3) is 0.529. The minimum Gasteiger partial charge on any atom is -0.490 e. The summed E-state index contributed by atoms with van der Waals surface area (Å²) in [5.41, 5.74) is -2.67. The van der Waals surface area contributed by atoms with Crippen LogP contribution in [0.25, 0.3) is 0 Å². The number of nitrogens with one attached hydrogen (secondary N) is 1. The summed E-state index contributed by atoms with van der Waals surface area (Å²) in [5, 5.41) is 12.3. The average Bonchev–Trinajstić information content (AvgIpc) is 3.41. The number of carbonyl (C=O) groups excluding carboxylic acids is 1. The van der Waals surface area contributed by atoms with Gasteiger partial charge >= 0.3 is 12.1 Å². The van der Waals surface area contributed by atoms with Crippen molar-refractivity contribution in [2.24, 2.45) is 0 Å². The molecule has 1 aliphatic carbocycles. The number of fused-ring (bicyclic) bond motifs is 2. The zero-order chi connectivity index (χ0) is 34.2. The smallest absolute Gasteiger partial charge is 0.434 e. The Morgan fingerprint density at radius 3 is 2.37 bits per heavy atom. The zero-order valence-electron chi connectivity index (χ0n) is 26.9. The molecule has 260 valence electrons. The number of aromatic nitrogens is 4. The van der Waals surface area contributed by atoms with Crippen molar-refractivity contribution in [1.29, 1.82) is 0 Å². The second-order valence-electron chi connectivity index (χ2n) is 13.3. The first kappa shape index (κ1) is 33.0. The van der Waals surface area contributed by atoms with E-state index in [2.05, 4.69) is 30.2 Å². The Kier molecular flexibility index (Phi) is 8.80. The lowest BCUT2D eigenvalue weighted by atomic mass is 9.76. The molecule has 2 N–H and O–H groups in total. The number of hydrogen-bond acceptors (Lipinski definition) is 10. The molecule has 1 aromatic carbocycles. The quantitative estimate of drug-likeness (QED) is 0.346. The van der Waals surface area contributed by atoms with E-state index in [1.807, 2.05) is 18.2 Å². The van der Waals surface area contributed by atoms with Crippen LogP contribution in [0.4, 0.5) is 30.8 Å². The Bertz CT molecular complexity index is 1690. The summed E-state index contributed by atoms with van der Waals surface area (Å²) in [6.45, 7) is 2.82. The first-order valence-corrected chi connectivity index (χ1v) is 16.8. The second-order valence-corrected chi connectivity index (χ2v) is 13.3. The van der Waals surface area contributed by atoms with Crippen LogP contribution in [0, 0.1) is 0 Å². The van der Waals surface area contributed by atoms with Crippen molar-refractivity contribution < 1.29 is 37.3 Å². The molecule has 12 nitrogen and oxygen atoms in total. The highest BCUT2D eigenvalue weighted by molar-refractivity contribution is 5.98. The van der Waals surface area contributed by atoms with E-state index in [4.69, 9.17) is 9.47 Å². The maximum Gasteiger partial charge on any atom is 0.434 e. The average molecular weight is 682 g/mol. The van der Waals surface area contributed by atoms with Crippen molar-refractivity contribution in [2.45, 2.75) is 81.0 Å². The number of carbonyl (C=O) groups is 2. The molecule has 0 radical (unpaired) electrons. The maximum absolute atomic E-state index is 14.5. The van der Waals surface area contributed by atoms with Gasteiger partial charge < -0.3 is 29.7 Å². The van der Waals surface area contributed by atoms with Crippen LogP contribution in [0.5, 0.6) is 5.75 Å². The van der Waals surface area contributed by atoms with E-state index in [-0.39, 0.29) is 24.9 Å². The van der Waals surface area contributed by atoms with E-state index in [9.17, 15) is 27.9 Å². The molecule has 3 aromatic rings. The number of anilines is 3. The van der Waals surface area contributed by atoms with Crippen molar-refractivity contribution in [3.05, 3.63) is 59.7 Å². The monoisotopic (exact) mass is 681 g/mol. The lowest BCUT2D eigenvalue weighted by molar-refractivity contribution is -0.145. The largest absolute Gasteiger partial charge is 0.490 e. The standard InChI is InChI=1S/C34H38F3N7O5/c35-34(36,37)27-24(28(45)42-33(29(46)47)9-2-1-3-10-33)20-40-31(41-27)44-21-32(11-17-48-18-12-32)25-19-23(5-6-26(25)44)49-22-7-15-43(16-8-22)30-38-13-4-14-39-30/h4-6,13-14,19-20,22H,1-3,7-12,15-18,21H2,(H,42,45)(H,46,47). The van der Waals surface area contributed by atoms with Crippen LogP contribution in [-0.4, -0.2) is 81.4 Å². The molecular formula is C34H38F3N7O5. The van der Waals surface area contributed by atoms with Gasteiger partial charge in [-0.25, -0.2) is 24.7 Å². The van der Waals surface area contributed by atoms with Gasteiger partial charge in [-0.3, -0.25) is 4.79 Å². The number of rotatable bonds is 7. The normalized spacial score (nSPS) is 20.6. The first-order valence-electron chi connectivity index (χ1n) is 16.8. The van der Waals surface area contributed by atoms with Crippen LogP contribution in [-0.2, 0) is 21.1 Å². The van der Waals surface area contributed by atoms with Gasteiger partial charge in [0.15, 0.2) is 5.69 Å². The van der Waals surface area contributed by atoms with Gasteiger partial charge in [0.05, 0.1) is 5.56 Å². The number of nitrogens with zero attached hydrogens (tertiary/aromatic N) is 6. The summed E-state index contributed by atoms with van der Waals surface area (Å²) in [5.74, 6) is -1.24. The Labute approximate surface area is 281 Å². The molecule has 1 spiro atoms. The molecule has 7 rings (SSSR count). The third kappa shape index (κ3) is 6.47. The van der Waals surface area contributed by atoms with Gasteiger partial charge in [-0.05, 0) is 55.5 Å². The summed E-state index contributed by atoms with van der Waals surface area (Å²) in [6.07, 6.45) is 4.31. The lowest BCUT2D eigenvalue weighted by Crippen LogP contribution is -2.55. The third-order valence-corrected chi connectivity index (χ3v) is 10.3. The number of ether oxygens (including phenoxy) is 2. The van der Waals surface area contributed by atoms with Crippen LogP contribution < -0.4 is 19.9 Å². The zero-order valence-corrected chi connectivity index (χ0v) is 26.9. The highest BCUT2D eigenvalue weighted by Crippen LogP contribution is 2.50. The summed E-state index contributed by atoms with van der Waals surface area (Å²) < 4.78 is 55.6. The fourth-order valence-corrected chi connectivity index (χ4v) is 7.63. The maximum atomic E-state index is 14.5. The van der Waals surface area contributed by atoms with E-state index in [1.165, 1.54) is 0 Å². The highest BCUT2D eigenvalue weighted by atomic mass is 19.4. The lowest BCUT2D eigenvalue weighted by Gasteiger charge is -2.35. The SMILES string of the molecule is O=C(NC1(C(=O)O)CCCCC1)c1cnc(N2CC3(CCOCC3)c3cc(OC4CCN(c5ncccn5)CC4)ccc32)nc1C(F)(F)F. The van der Waals surface area contributed by atoms with E-state index >= 15 is 0 Å².